The molecule has 3 saturated heterocycles. The lowest BCUT2D eigenvalue weighted by molar-refractivity contribution is 0.0610. The zero-order chi connectivity index (χ0) is 39.4. The first-order valence-corrected chi connectivity index (χ1v) is 22.3. The maximum absolute atomic E-state index is 13.1. The van der Waals surface area contributed by atoms with Crippen molar-refractivity contribution in [1.29, 1.82) is 0 Å². The van der Waals surface area contributed by atoms with Crippen molar-refractivity contribution in [3.8, 4) is 0 Å². The first kappa shape index (κ1) is 41.4. The number of likely N-dealkylation sites (tertiary alicyclic amines) is 1. The number of fused-ring (bicyclic) bond motifs is 2. The second kappa shape index (κ2) is 17.5. The van der Waals surface area contributed by atoms with E-state index in [2.05, 4.69) is 79.1 Å². The second-order valence-electron chi connectivity index (χ2n) is 18.0. The summed E-state index contributed by atoms with van der Waals surface area (Å²) in [5, 5.41) is 3.20. The number of imidazole rings is 2. The van der Waals surface area contributed by atoms with Crippen LogP contribution < -0.4 is 9.62 Å². The number of aromatic nitrogens is 4. The molecule has 304 valence electrons. The maximum atomic E-state index is 13.1. The van der Waals surface area contributed by atoms with Crippen molar-refractivity contribution in [3.63, 3.8) is 0 Å². The van der Waals surface area contributed by atoms with Gasteiger partial charge in [0.25, 0.3) is 0 Å². The molecule has 0 amide bonds. The molecule has 0 atom stereocenters. The van der Waals surface area contributed by atoms with Gasteiger partial charge < -0.3 is 28.8 Å². The van der Waals surface area contributed by atoms with E-state index in [4.69, 9.17) is 19.4 Å². The van der Waals surface area contributed by atoms with E-state index in [0.29, 0.717) is 24.1 Å². The number of piperidine rings is 1. The van der Waals surface area contributed by atoms with E-state index in [0.717, 1.165) is 106 Å². The third kappa shape index (κ3) is 10.2. The van der Waals surface area contributed by atoms with E-state index in [1.165, 1.54) is 34.9 Å². The van der Waals surface area contributed by atoms with Crippen LogP contribution >= 0.6 is 0 Å². The fourth-order valence-electron chi connectivity index (χ4n) is 8.21. The largest absolute Gasteiger partial charge is 0.388 e. The lowest BCUT2D eigenvalue weighted by Crippen LogP contribution is -2.38. The van der Waals surface area contributed by atoms with Crippen LogP contribution in [0.4, 0.5) is 11.4 Å². The van der Waals surface area contributed by atoms with Gasteiger partial charge in [-0.1, -0.05) is 48.0 Å². The molecule has 2 aromatic heterocycles. The molecular weight excluding hydrogens is 711 g/mol. The molecule has 3 aliphatic rings. The Morgan fingerprint density at radius 1 is 0.745 bits per heavy atom. The molecule has 3 fully saturated rings. The van der Waals surface area contributed by atoms with Crippen LogP contribution in [-0.2, 0) is 43.4 Å². The molecule has 1 N–H and O–H groups in total. The molecule has 11 nitrogen and oxygen atoms in total. The van der Waals surface area contributed by atoms with Gasteiger partial charge in [0.05, 0.1) is 33.5 Å². The van der Waals surface area contributed by atoms with Gasteiger partial charge in [-0.05, 0) is 99.8 Å². The molecule has 55 heavy (non-hydrogen) atoms. The molecule has 0 saturated carbocycles. The number of rotatable bonds is 10. The summed E-state index contributed by atoms with van der Waals surface area (Å²) in [6, 6.07) is 12.4. The fourth-order valence-corrected chi connectivity index (χ4v) is 9.41. The summed E-state index contributed by atoms with van der Waals surface area (Å²) in [7, 11) is 0.220. The fraction of sp³-hybridized carbons (Fsp3) is 0.674. The predicted molar refractivity (Wildman–Crippen MR) is 226 cm³/mol. The highest BCUT2D eigenvalue weighted by molar-refractivity contribution is 7.92. The summed E-state index contributed by atoms with van der Waals surface area (Å²) in [4.78, 5) is 12.2. The van der Waals surface area contributed by atoms with Crippen molar-refractivity contribution in [2.24, 2.45) is 11.8 Å². The molecule has 0 bridgehead atoms. The van der Waals surface area contributed by atoms with E-state index in [1.807, 2.05) is 25.2 Å². The first-order valence-electron chi connectivity index (χ1n) is 20.7. The normalized spacial score (nSPS) is 18.4. The van der Waals surface area contributed by atoms with Crippen molar-refractivity contribution in [2.45, 2.75) is 110 Å². The number of hydrogen-bond donors (Lipinski definition) is 1. The average molecular weight is 778 g/mol. The topological polar surface area (TPSA) is 107 Å². The van der Waals surface area contributed by atoms with Crippen molar-refractivity contribution >= 4 is 43.5 Å². The van der Waals surface area contributed by atoms with Crippen molar-refractivity contribution in [3.05, 3.63) is 48.0 Å². The lowest BCUT2D eigenvalue weighted by Gasteiger charge is -2.27. The van der Waals surface area contributed by atoms with Crippen molar-refractivity contribution < 1.29 is 17.9 Å². The van der Waals surface area contributed by atoms with Crippen LogP contribution in [0.3, 0.4) is 0 Å². The molecule has 3 aliphatic heterocycles. The van der Waals surface area contributed by atoms with Crippen LogP contribution in [0.15, 0.2) is 36.4 Å². The molecule has 2 aromatic carbocycles. The van der Waals surface area contributed by atoms with Crippen LogP contribution in [0.5, 0.6) is 0 Å². The Kier molecular flexibility index (Phi) is 13.2. The SMILES string of the molecule is CN(c1ccc2c(c1)nc(C(C)(C)C)n2CC1CCOCC1)S(=O)(=O)CCN1CCCCC1.CNc1ccc2c(c1)nc(C(C)(C)C)n2CC1CCOCC1. The van der Waals surface area contributed by atoms with E-state index < -0.39 is 10.0 Å². The quantitative estimate of drug-likeness (QED) is 0.174. The molecule has 0 spiro atoms. The Morgan fingerprint density at radius 2 is 1.24 bits per heavy atom. The average Bonchev–Trinajstić information content (AvgIpc) is 3.73. The molecule has 0 aliphatic carbocycles. The minimum Gasteiger partial charge on any atom is -0.388 e. The van der Waals surface area contributed by atoms with Crippen LogP contribution in [-0.4, -0.2) is 98.3 Å². The third-order valence-corrected chi connectivity index (χ3v) is 13.3. The number of nitrogens with one attached hydrogen (secondary N) is 1. The Balaban J connectivity index is 0.000000203. The molecule has 7 rings (SSSR count). The standard InChI is InChI=1S/C25H40N4O3S.C18H27N3O/c1-25(2,3)24-26-22-18-21(8-9-23(22)29(24)19-20-10-15-32-16-11-20)27(4)33(30,31)17-14-28-12-6-5-7-13-28;1-18(2,3)17-20-15-11-14(19-4)5-6-16(15)21(17)12-13-7-9-22-10-8-13/h8-9,18,20H,5-7,10-17,19H2,1-4H3;5-6,11,13,19H,7-10,12H2,1-4H3. The van der Waals surface area contributed by atoms with Gasteiger partial charge in [-0.3, -0.25) is 4.31 Å². The van der Waals surface area contributed by atoms with Crippen LogP contribution in [0.2, 0.25) is 0 Å². The van der Waals surface area contributed by atoms with Crippen LogP contribution in [0, 0.1) is 11.8 Å². The summed E-state index contributed by atoms with van der Waals surface area (Å²) in [5.41, 5.74) is 6.01. The van der Waals surface area contributed by atoms with Gasteiger partial charge in [-0.15, -0.1) is 0 Å². The van der Waals surface area contributed by atoms with Gasteiger partial charge in [-0.2, -0.15) is 0 Å². The van der Waals surface area contributed by atoms with Crippen molar-refractivity contribution in [1.82, 2.24) is 24.0 Å². The minimum absolute atomic E-state index is 0.0456. The number of sulfonamides is 1. The number of anilines is 2. The zero-order valence-corrected chi connectivity index (χ0v) is 35.7. The molecular formula is C43H67N7O4S. The number of ether oxygens (including phenoxy) is 2. The van der Waals surface area contributed by atoms with E-state index in [9.17, 15) is 8.42 Å². The lowest BCUT2D eigenvalue weighted by atomic mass is 9.94. The predicted octanol–water partition coefficient (Wildman–Crippen LogP) is 7.81. The number of benzene rings is 2. The summed E-state index contributed by atoms with van der Waals surface area (Å²) in [6.07, 6.45) is 8.02. The number of nitrogens with zero attached hydrogens (tertiary/aromatic N) is 6. The number of hydrogen-bond acceptors (Lipinski definition) is 8. The Bertz CT molecular complexity index is 1970. The van der Waals surface area contributed by atoms with Gasteiger partial charge in [0.1, 0.15) is 11.6 Å². The monoisotopic (exact) mass is 777 g/mol. The van der Waals surface area contributed by atoms with Crippen molar-refractivity contribution in [2.75, 3.05) is 75.5 Å². The molecule has 0 radical (unpaired) electrons. The van der Waals surface area contributed by atoms with E-state index in [1.54, 1.807) is 7.05 Å². The molecule has 12 heteroatoms. The summed E-state index contributed by atoms with van der Waals surface area (Å²) in [5.74, 6) is 3.65. The van der Waals surface area contributed by atoms with Gasteiger partial charge in [0.2, 0.25) is 10.0 Å². The van der Waals surface area contributed by atoms with E-state index in [-0.39, 0.29) is 16.6 Å². The highest BCUT2D eigenvalue weighted by atomic mass is 32.2. The first-order chi connectivity index (χ1) is 26.1. The summed E-state index contributed by atoms with van der Waals surface area (Å²) in [6.45, 7) is 21.3. The van der Waals surface area contributed by atoms with Gasteiger partial charge in [0, 0.05) is 76.7 Å². The smallest absolute Gasteiger partial charge is 0.236 e. The maximum Gasteiger partial charge on any atom is 0.236 e. The Labute approximate surface area is 330 Å². The second-order valence-corrected chi connectivity index (χ2v) is 20.1. The third-order valence-electron chi connectivity index (χ3n) is 11.6. The highest BCUT2D eigenvalue weighted by Crippen LogP contribution is 2.33. The minimum atomic E-state index is -3.39. The Hall–Kier alpha value is -3.19. The van der Waals surface area contributed by atoms with Gasteiger partial charge >= 0.3 is 0 Å². The molecule has 0 unspecified atom stereocenters. The van der Waals surface area contributed by atoms with Crippen LogP contribution in [0.25, 0.3) is 22.1 Å². The molecule has 4 aromatic rings. The van der Waals surface area contributed by atoms with Gasteiger partial charge in [-0.25, -0.2) is 18.4 Å². The van der Waals surface area contributed by atoms with Crippen LogP contribution in [0.1, 0.15) is 98.1 Å². The summed E-state index contributed by atoms with van der Waals surface area (Å²) < 4.78 is 43.4. The zero-order valence-electron chi connectivity index (χ0n) is 34.9. The molecule has 5 heterocycles. The van der Waals surface area contributed by atoms with E-state index >= 15 is 0 Å². The van der Waals surface area contributed by atoms with Gasteiger partial charge in [0.15, 0.2) is 0 Å². The highest BCUT2D eigenvalue weighted by Gasteiger charge is 2.28. The summed E-state index contributed by atoms with van der Waals surface area (Å²) >= 11 is 0. The Morgan fingerprint density at radius 3 is 1.73 bits per heavy atom.